The van der Waals surface area contributed by atoms with E-state index in [9.17, 15) is 9.59 Å². The largest absolute Gasteiger partial charge is 0.365 e. The van der Waals surface area contributed by atoms with Crippen molar-refractivity contribution in [2.45, 2.75) is 45.1 Å². The summed E-state index contributed by atoms with van der Waals surface area (Å²) in [7, 11) is 0. The van der Waals surface area contributed by atoms with E-state index in [0.29, 0.717) is 4.88 Å². The zero-order valence-electron chi connectivity index (χ0n) is 12.7. The number of aromatic nitrogens is 1. The molecule has 3 N–H and O–H groups in total. The maximum atomic E-state index is 12.8. The molecule has 3 unspecified atom stereocenters. The Balaban J connectivity index is 1.46. The SMILES string of the molecule is CC(NC(=O)C12CC3CC(C1)C(C3)C2)c1ncc(C(N)=O)s1. The Labute approximate surface area is 133 Å². The molecule has 6 heteroatoms. The quantitative estimate of drug-likeness (QED) is 0.892. The van der Waals surface area contributed by atoms with E-state index in [0.717, 1.165) is 42.0 Å². The van der Waals surface area contributed by atoms with Crippen LogP contribution in [0.3, 0.4) is 0 Å². The zero-order valence-corrected chi connectivity index (χ0v) is 13.5. The first-order valence-electron chi connectivity index (χ1n) is 8.03. The van der Waals surface area contributed by atoms with Gasteiger partial charge in [0.15, 0.2) is 0 Å². The van der Waals surface area contributed by atoms with Crippen molar-refractivity contribution in [2.75, 3.05) is 0 Å². The Bertz CT molecular complexity index is 622. The number of carbonyl (C=O) groups is 2. The highest BCUT2D eigenvalue weighted by molar-refractivity contribution is 7.13. The van der Waals surface area contributed by atoms with Crippen LogP contribution in [0.1, 0.15) is 59.7 Å². The average Bonchev–Trinajstić information content (AvgIpc) is 3.11. The highest BCUT2D eigenvalue weighted by Crippen LogP contribution is 2.64. The Kier molecular flexibility index (Phi) is 3.08. The molecule has 0 aromatic carbocycles. The van der Waals surface area contributed by atoms with Crippen LogP contribution in [0.15, 0.2) is 6.20 Å². The fraction of sp³-hybridized carbons (Fsp3) is 0.688. The predicted molar refractivity (Wildman–Crippen MR) is 83.2 cm³/mol. The van der Waals surface area contributed by atoms with Crippen LogP contribution in [0, 0.1) is 23.2 Å². The molecule has 4 saturated carbocycles. The van der Waals surface area contributed by atoms with Gasteiger partial charge in [-0.05, 0) is 56.8 Å². The van der Waals surface area contributed by atoms with E-state index >= 15 is 0 Å². The fourth-order valence-electron chi connectivity index (χ4n) is 5.10. The molecule has 4 fully saturated rings. The van der Waals surface area contributed by atoms with Gasteiger partial charge in [0.1, 0.15) is 9.88 Å². The third kappa shape index (κ3) is 2.07. The van der Waals surface area contributed by atoms with Crippen molar-refractivity contribution in [1.82, 2.24) is 10.3 Å². The molecule has 5 rings (SSSR count). The van der Waals surface area contributed by atoms with E-state index in [1.807, 2.05) is 6.92 Å². The Morgan fingerprint density at radius 3 is 2.59 bits per heavy atom. The second-order valence-corrected chi connectivity index (χ2v) is 8.43. The minimum absolute atomic E-state index is 0.130. The molecule has 0 aliphatic heterocycles. The van der Waals surface area contributed by atoms with Crippen LogP contribution in [-0.4, -0.2) is 16.8 Å². The van der Waals surface area contributed by atoms with E-state index in [-0.39, 0.29) is 17.4 Å². The van der Waals surface area contributed by atoms with Crippen molar-refractivity contribution in [2.24, 2.45) is 28.9 Å². The van der Waals surface area contributed by atoms with Crippen LogP contribution in [0.25, 0.3) is 0 Å². The number of nitrogens with zero attached hydrogens (tertiary/aromatic N) is 1. The molecule has 1 aromatic rings. The van der Waals surface area contributed by atoms with Crippen molar-refractivity contribution >= 4 is 23.2 Å². The third-order valence-electron chi connectivity index (χ3n) is 5.89. The van der Waals surface area contributed by atoms with Crippen molar-refractivity contribution in [3.63, 3.8) is 0 Å². The molecule has 118 valence electrons. The Hall–Kier alpha value is -1.43. The molecule has 4 aliphatic rings. The number of nitrogens with one attached hydrogen (secondary N) is 1. The van der Waals surface area contributed by atoms with E-state index in [4.69, 9.17) is 5.73 Å². The van der Waals surface area contributed by atoms with E-state index in [2.05, 4.69) is 10.3 Å². The fourth-order valence-corrected chi connectivity index (χ4v) is 5.87. The van der Waals surface area contributed by atoms with Gasteiger partial charge in [-0.15, -0.1) is 11.3 Å². The number of rotatable bonds is 4. The normalized spacial score (nSPS) is 36.5. The number of hydrogen-bond donors (Lipinski definition) is 2. The van der Waals surface area contributed by atoms with Gasteiger partial charge in [0.25, 0.3) is 5.91 Å². The van der Waals surface area contributed by atoms with Gasteiger partial charge in [-0.2, -0.15) is 0 Å². The van der Waals surface area contributed by atoms with E-state index in [1.165, 1.54) is 30.4 Å². The highest BCUT2D eigenvalue weighted by atomic mass is 32.1. The Morgan fingerprint density at radius 2 is 2.05 bits per heavy atom. The van der Waals surface area contributed by atoms with Gasteiger partial charge >= 0.3 is 0 Å². The van der Waals surface area contributed by atoms with Crippen molar-refractivity contribution in [3.8, 4) is 0 Å². The molecule has 4 bridgehead atoms. The summed E-state index contributed by atoms with van der Waals surface area (Å²) in [5, 5.41) is 3.88. The van der Waals surface area contributed by atoms with Gasteiger partial charge in [0.2, 0.25) is 5.91 Å². The van der Waals surface area contributed by atoms with Crippen LogP contribution >= 0.6 is 11.3 Å². The maximum Gasteiger partial charge on any atom is 0.260 e. The molecule has 22 heavy (non-hydrogen) atoms. The maximum absolute atomic E-state index is 12.8. The summed E-state index contributed by atoms with van der Waals surface area (Å²) in [4.78, 5) is 28.7. The van der Waals surface area contributed by atoms with Gasteiger partial charge in [-0.25, -0.2) is 4.98 Å². The summed E-state index contributed by atoms with van der Waals surface area (Å²) >= 11 is 1.26. The van der Waals surface area contributed by atoms with Crippen LogP contribution in [0.2, 0.25) is 0 Å². The van der Waals surface area contributed by atoms with Crippen LogP contribution in [0.5, 0.6) is 0 Å². The molecule has 1 heterocycles. The predicted octanol–water partition coefficient (Wildman–Crippen LogP) is 2.25. The molecule has 0 saturated heterocycles. The van der Waals surface area contributed by atoms with Gasteiger partial charge in [0.05, 0.1) is 17.7 Å². The second kappa shape index (κ2) is 4.78. The number of hydrogen-bond acceptors (Lipinski definition) is 4. The molecule has 5 nitrogen and oxygen atoms in total. The van der Waals surface area contributed by atoms with Crippen LogP contribution in [0.4, 0.5) is 0 Å². The average molecular weight is 319 g/mol. The molecule has 0 spiro atoms. The van der Waals surface area contributed by atoms with E-state index in [1.54, 1.807) is 0 Å². The lowest BCUT2D eigenvalue weighted by atomic mass is 9.69. The molecule has 0 radical (unpaired) electrons. The lowest BCUT2D eigenvalue weighted by Gasteiger charge is -2.37. The topological polar surface area (TPSA) is 85.1 Å². The zero-order chi connectivity index (χ0) is 15.5. The van der Waals surface area contributed by atoms with Gasteiger partial charge in [0, 0.05) is 0 Å². The standard InChI is InChI=1S/C16H21N3O2S/c1-8(14-18-7-12(22-14)13(17)20)19-15(21)16-4-9-2-10(5-16)11(3-9)6-16/h7-11H,2-6H2,1H3,(H2,17,20)(H,19,21). The third-order valence-corrected chi connectivity index (χ3v) is 7.08. The lowest BCUT2D eigenvalue weighted by molar-refractivity contribution is -0.134. The van der Waals surface area contributed by atoms with E-state index < -0.39 is 5.91 Å². The molecular formula is C16H21N3O2S. The number of amides is 2. The van der Waals surface area contributed by atoms with Gasteiger partial charge in [-0.3, -0.25) is 9.59 Å². The molecule has 3 atom stereocenters. The first kappa shape index (κ1) is 14.2. The number of nitrogens with two attached hydrogens (primary N) is 1. The minimum atomic E-state index is -0.466. The number of carbonyl (C=O) groups excluding carboxylic acids is 2. The first-order chi connectivity index (χ1) is 10.5. The van der Waals surface area contributed by atoms with Crippen molar-refractivity contribution in [3.05, 3.63) is 16.1 Å². The first-order valence-corrected chi connectivity index (χ1v) is 8.85. The summed E-state index contributed by atoms with van der Waals surface area (Å²) in [6, 6.07) is -0.169. The molecule has 2 amide bonds. The number of primary amides is 1. The smallest absolute Gasteiger partial charge is 0.260 e. The lowest BCUT2D eigenvalue weighted by Crippen LogP contribution is -2.44. The second-order valence-electron chi connectivity index (χ2n) is 7.37. The minimum Gasteiger partial charge on any atom is -0.365 e. The summed E-state index contributed by atoms with van der Waals surface area (Å²) in [6.07, 6.45) is 7.36. The summed E-state index contributed by atoms with van der Waals surface area (Å²) < 4.78 is 0. The highest BCUT2D eigenvalue weighted by Gasteiger charge is 2.59. The summed E-state index contributed by atoms with van der Waals surface area (Å²) in [6.45, 7) is 1.92. The summed E-state index contributed by atoms with van der Waals surface area (Å²) in [5.74, 6) is 2.04. The van der Waals surface area contributed by atoms with Crippen molar-refractivity contribution in [1.29, 1.82) is 0 Å². The molecule has 1 aromatic heterocycles. The monoisotopic (exact) mass is 319 g/mol. The van der Waals surface area contributed by atoms with Crippen molar-refractivity contribution < 1.29 is 9.59 Å². The number of thiazole rings is 1. The van der Waals surface area contributed by atoms with Crippen LogP contribution < -0.4 is 11.1 Å². The Morgan fingerprint density at radius 1 is 1.36 bits per heavy atom. The van der Waals surface area contributed by atoms with Crippen LogP contribution in [-0.2, 0) is 4.79 Å². The summed E-state index contributed by atoms with van der Waals surface area (Å²) in [5.41, 5.74) is 5.13. The van der Waals surface area contributed by atoms with Gasteiger partial charge < -0.3 is 11.1 Å². The molecule has 4 aliphatic carbocycles. The molecular weight excluding hydrogens is 298 g/mol. The van der Waals surface area contributed by atoms with Gasteiger partial charge in [-0.1, -0.05) is 0 Å².